The van der Waals surface area contributed by atoms with Gasteiger partial charge in [-0.25, -0.2) is 0 Å². The van der Waals surface area contributed by atoms with E-state index >= 15 is 0 Å². The summed E-state index contributed by atoms with van der Waals surface area (Å²) >= 11 is 0. The van der Waals surface area contributed by atoms with Crippen LogP contribution in [0.1, 0.15) is 82.9 Å². The molecule has 24 heavy (non-hydrogen) atoms. The largest absolute Gasteiger partial charge is 0.355 e. The van der Waals surface area contributed by atoms with Gasteiger partial charge in [0, 0.05) is 26.0 Å². The Morgan fingerprint density at radius 1 is 0.750 bits per heavy atom. The maximum absolute atomic E-state index is 2.49. The topological polar surface area (TPSA) is 6.48 Å². The van der Waals surface area contributed by atoms with Crippen molar-refractivity contribution in [2.75, 3.05) is 13.6 Å². The second-order valence-electron chi connectivity index (χ2n) is 7.17. The summed E-state index contributed by atoms with van der Waals surface area (Å²) in [4.78, 5) is 4.80. The van der Waals surface area contributed by atoms with Crippen molar-refractivity contribution in [2.45, 2.75) is 77.3 Å². The van der Waals surface area contributed by atoms with E-state index in [1.807, 2.05) is 0 Å². The molecule has 1 heterocycles. The molecule has 1 aromatic carbocycles. The monoisotopic (exact) mass is 328 g/mol. The summed E-state index contributed by atoms with van der Waals surface area (Å²) in [7, 11) is 2.17. The molecule has 0 spiro atoms. The lowest BCUT2D eigenvalue weighted by Crippen LogP contribution is -2.29. The minimum Gasteiger partial charge on any atom is -0.355 e. The van der Waals surface area contributed by atoms with Crippen molar-refractivity contribution in [3.8, 4) is 0 Å². The highest BCUT2D eigenvalue weighted by Gasteiger charge is 2.24. The molecule has 2 heteroatoms. The Bertz CT molecular complexity index is 454. The van der Waals surface area contributed by atoms with E-state index in [4.69, 9.17) is 0 Å². The Morgan fingerprint density at radius 2 is 1.33 bits per heavy atom. The number of hydrogen-bond donors (Lipinski definition) is 0. The van der Waals surface area contributed by atoms with E-state index < -0.39 is 0 Å². The van der Waals surface area contributed by atoms with Crippen molar-refractivity contribution in [2.24, 2.45) is 0 Å². The van der Waals surface area contributed by atoms with E-state index in [0.717, 1.165) is 6.54 Å². The Kier molecular flexibility index (Phi) is 8.80. The summed E-state index contributed by atoms with van der Waals surface area (Å²) in [6.07, 6.45) is 18.8. The van der Waals surface area contributed by atoms with E-state index in [1.165, 1.54) is 69.8 Å². The van der Waals surface area contributed by atoms with E-state index in [0.29, 0.717) is 6.17 Å². The van der Waals surface area contributed by atoms with Gasteiger partial charge in [-0.1, -0.05) is 95.0 Å². The minimum atomic E-state index is 0.379. The van der Waals surface area contributed by atoms with Gasteiger partial charge in [-0.3, -0.25) is 0 Å². The normalized spacial score (nSPS) is 17.0. The van der Waals surface area contributed by atoms with Crippen LogP contribution in [0.5, 0.6) is 0 Å². The van der Waals surface area contributed by atoms with E-state index in [9.17, 15) is 0 Å². The summed E-state index contributed by atoms with van der Waals surface area (Å²) in [6, 6.07) is 10.8. The lowest BCUT2D eigenvalue weighted by Gasteiger charge is -2.31. The van der Waals surface area contributed by atoms with E-state index in [2.05, 4.69) is 66.5 Å². The number of benzene rings is 1. The molecule has 0 saturated carbocycles. The summed E-state index contributed by atoms with van der Waals surface area (Å²) < 4.78 is 0. The smallest absolute Gasteiger partial charge is 0.127 e. The Hall–Kier alpha value is -1.44. The van der Waals surface area contributed by atoms with Crippen molar-refractivity contribution >= 4 is 0 Å². The van der Waals surface area contributed by atoms with Gasteiger partial charge >= 0.3 is 0 Å². The van der Waals surface area contributed by atoms with Crippen molar-refractivity contribution < 1.29 is 0 Å². The van der Waals surface area contributed by atoms with Gasteiger partial charge in [-0.2, -0.15) is 0 Å². The molecule has 0 aromatic heterocycles. The Balaban J connectivity index is 1.58. The maximum Gasteiger partial charge on any atom is 0.127 e. The van der Waals surface area contributed by atoms with Gasteiger partial charge in [-0.05, 0) is 12.0 Å². The first kappa shape index (κ1) is 18.9. The molecule has 0 fully saturated rings. The zero-order valence-corrected chi connectivity index (χ0v) is 15.8. The second-order valence-corrected chi connectivity index (χ2v) is 7.17. The van der Waals surface area contributed by atoms with Crippen molar-refractivity contribution in [3.63, 3.8) is 0 Å². The molecule has 1 aliphatic rings. The SMILES string of the molecule is CCCCCCCCCCCCN1C=CN(C)C1c1ccccc1. The summed E-state index contributed by atoms with van der Waals surface area (Å²) in [5.74, 6) is 0. The molecule has 1 aromatic rings. The fourth-order valence-corrected chi connectivity index (χ4v) is 3.62. The highest BCUT2D eigenvalue weighted by molar-refractivity contribution is 5.21. The Labute approximate surface area is 149 Å². The molecule has 1 unspecified atom stereocenters. The van der Waals surface area contributed by atoms with Crippen molar-refractivity contribution in [1.82, 2.24) is 9.80 Å². The van der Waals surface area contributed by atoms with Crippen LogP contribution in [0.3, 0.4) is 0 Å². The lowest BCUT2D eigenvalue weighted by atomic mass is 10.1. The van der Waals surface area contributed by atoms with Crippen LogP contribution < -0.4 is 0 Å². The molecule has 0 N–H and O–H groups in total. The van der Waals surface area contributed by atoms with Gasteiger partial charge < -0.3 is 9.80 Å². The number of nitrogens with zero attached hydrogens (tertiary/aromatic N) is 2. The first-order valence-corrected chi connectivity index (χ1v) is 10.0. The minimum absolute atomic E-state index is 0.379. The Morgan fingerprint density at radius 3 is 1.96 bits per heavy atom. The molecule has 0 saturated heterocycles. The lowest BCUT2D eigenvalue weighted by molar-refractivity contribution is 0.176. The molecule has 0 amide bonds. The van der Waals surface area contributed by atoms with Crippen LogP contribution in [0, 0.1) is 0 Å². The van der Waals surface area contributed by atoms with E-state index in [1.54, 1.807) is 0 Å². The fraction of sp³-hybridized carbons (Fsp3) is 0.636. The molecular weight excluding hydrogens is 292 g/mol. The van der Waals surface area contributed by atoms with Gasteiger partial charge in [0.1, 0.15) is 6.17 Å². The third-order valence-electron chi connectivity index (χ3n) is 5.06. The van der Waals surface area contributed by atoms with Gasteiger partial charge in [0.25, 0.3) is 0 Å². The molecule has 134 valence electrons. The van der Waals surface area contributed by atoms with E-state index in [-0.39, 0.29) is 0 Å². The summed E-state index contributed by atoms with van der Waals surface area (Å²) in [5, 5.41) is 0. The van der Waals surface area contributed by atoms with Crippen LogP contribution in [-0.2, 0) is 0 Å². The van der Waals surface area contributed by atoms with Crippen LogP contribution >= 0.6 is 0 Å². The quantitative estimate of drug-likeness (QED) is 0.414. The molecule has 0 bridgehead atoms. The summed E-state index contributed by atoms with van der Waals surface area (Å²) in [5.41, 5.74) is 1.39. The standard InChI is InChI=1S/C22H36N2/c1-3-4-5-6-7-8-9-10-11-15-18-24-20-19-23(2)22(24)21-16-13-12-14-17-21/h12-14,16-17,19-20,22H,3-11,15,18H2,1-2H3. The van der Waals surface area contributed by atoms with Gasteiger partial charge in [0.2, 0.25) is 0 Å². The first-order chi connectivity index (χ1) is 11.8. The van der Waals surface area contributed by atoms with Crippen LogP contribution in [0.15, 0.2) is 42.7 Å². The number of hydrogen-bond acceptors (Lipinski definition) is 2. The summed E-state index contributed by atoms with van der Waals surface area (Å²) in [6.45, 7) is 3.45. The maximum atomic E-state index is 2.49. The third-order valence-corrected chi connectivity index (χ3v) is 5.06. The fourth-order valence-electron chi connectivity index (χ4n) is 3.62. The molecule has 0 aliphatic carbocycles. The molecule has 0 radical (unpaired) electrons. The average molecular weight is 329 g/mol. The zero-order valence-electron chi connectivity index (χ0n) is 15.8. The highest BCUT2D eigenvalue weighted by Crippen LogP contribution is 2.29. The highest BCUT2D eigenvalue weighted by atomic mass is 15.4. The average Bonchev–Trinajstić information content (AvgIpc) is 2.98. The van der Waals surface area contributed by atoms with Crippen molar-refractivity contribution in [3.05, 3.63) is 48.3 Å². The molecule has 1 aliphatic heterocycles. The molecule has 2 rings (SSSR count). The van der Waals surface area contributed by atoms with Gasteiger partial charge in [0.05, 0.1) is 0 Å². The van der Waals surface area contributed by atoms with Crippen LogP contribution in [0.25, 0.3) is 0 Å². The third kappa shape index (κ3) is 6.22. The van der Waals surface area contributed by atoms with Crippen LogP contribution in [0.2, 0.25) is 0 Å². The van der Waals surface area contributed by atoms with Gasteiger partial charge in [-0.15, -0.1) is 0 Å². The second kappa shape index (κ2) is 11.2. The van der Waals surface area contributed by atoms with Gasteiger partial charge in [0.15, 0.2) is 0 Å². The van der Waals surface area contributed by atoms with Crippen LogP contribution in [-0.4, -0.2) is 23.4 Å². The molecule has 1 atom stereocenters. The number of unbranched alkanes of at least 4 members (excludes halogenated alkanes) is 9. The first-order valence-electron chi connectivity index (χ1n) is 10.0. The van der Waals surface area contributed by atoms with Crippen LogP contribution in [0.4, 0.5) is 0 Å². The predicted molar refractivity (Wildman–Crippen MR) is 105 cm³/mol. The van der Waals surface area contributed by atoms with Crippen molar-refractivity contribution in [1.29, 1.82) is 0 Å². The predicted octanol–water partition coefficient (Wildman–Crippen LogP) is 6.32. The number of rotatable bonds is 12. The molecule has 2 nitrogen and oxygen atoms in total. The molecular formula is C22H36N2. The zero-order chi connectivity index (χ0) is 17.0.